The monoisotopic (exact) mass is 293 g/mol. The molecule has 0 aromatic heterocycles. The van der Waals surface area contributed by atoms with E-state index in [1.165, 1.54) is 16.7 Å². The third-order valence-corrected chi connectivity index (χ3v) is 5.50. The van der Waals surface area contributed by atoms with E-state index in [9.17, 15) is 9.90 Å². The molecule has 1 fully saturated rings. The van der Waals surface area contributed by atoms with Crippen molar-refractivity contribution in [1.82, 2.24) is 5.32 Å². The maximum atomic E-state index is 11.4. The van der Waals surface area contributed by atoms with Crippen LogP contribution in [0.1, 0.15) is 36.0 Å². The van der Waals surface area contributed by atoms with Crippen LogP contribution in [0.4, 0.5) is 0 Å². The van der Waals surface area contributed by atoms with Crippen molar-refractivity contribution < 1.29 is 9.90 Å². The Balaban J connectivity index is 1.94. The molecule has 1 aromatic rings. The second-order valence-corrected chi connectivity index (χ2v) is 7.10. The summed E-state index contributed by atoms with van der Waals surface area (Å²) in [6.45, 7) is 4.24. The molecule has 0 heterocycles. The van der Waals surface area contributed by atoms with Gasteiger partial charge in [-0.3, -0.25) is 4.79 Å². The van der Waals surface area contributed by atoms with Crippen molar-refractivity contribution in [2.75, 3.05) is 7.05 Å². The second-order valence-electron chi connectivity index (χ2n) is 5.81. The van der Waals surface area contributed by atoms with E-state index in [1.54, 1.807) is 7.05 Å². The molecule has 1 aliphatic rings. The van der Waals surface area contributed by atoms with Crippen LogP contribution in [-0.2, 0) is 10.5 Å². The summed E-state index contributed by atoms with van der Waals surface area (Å²) in [6, 6.07) is 6.62. The summed E-state index contributed by atoms with van der Waals surface area (Å²) in [5.41, 5.74) is 3.22. The summed E-state index contributed by atoms with van der Waals surface area (Å²) in [4.78, 5) is 11.4. The van der Waals surface area contributed by atoms with Crippen LogP contribution in [-0.4, -0.2) is 28.9 Å². The zero-order valence-electron chi connectivity index (χ0n) is 12.4. The molecule has 2 atom stereocenters. The Morgan fingerprint density at radius 3 is 2.55 bits per heavy atom. The maximum absolute atomic E-state index is 11.4. The predicted molar refractivity (Wildman–Crippen MR) is 84.3 cm³/mol. The van der Waals surface area contributed by atoms with Gasteiger partial charge in [-0.05, 0) is 45.7 Å². The van der Waals surface area contributed by atoms with Crippen LogP contribution < -0.4 is 5.32 Å². The maximum Gasteiger partial charge on any atom is 0.323 e. The van der Waals surface area contributed by atoms with E-state index in [0.717, 1.165) is 18.6 Å². The number of thioether (sulfide) groups is 1. The molecule has 1 aromatic carbocycles. The van der Waals surface area contributed by atoms with Crippen LogP contribution in [0, 0.1) is 13.8 Å². The molecular weight excluding hydrogens is 270 g/mol. The van der Waals surface area contributed by atoms with E-state index in [0.29, 0.717) is 11.7 Å². The topological polar surface area (TPSA) is 49.3 Å². The van der Waals surface area contributed by atoms with Gasteiger partial charge in [-0.25, -0.2) is 0 Å². The molecular formula is C16H23NO2S. The highest BCUT2D eigenvalue weighted by atomic mass is 32.2. The van der Waals surface area contributed by atoms with Crippen molar-refractivity contribution in [3.05, 3.63) is 34.9 Å². The Labute approximate surface area is 125 Å². The van der Waals surface area contributed by atoms with Gasteiger partial charge in [0.15, 0.2) is 0 Å². The number of aryl methyl sites for hydroxylation is 2. The largest absolute Gasteiger partial charge is 0.480 e. The van der Waals surface area contributed by atoms with Crippen molar-refractivity contribution in [3.8, 4) is 0 Å². The smallest absolute Gasteiger partial charge is 0.323 e. The Kier molecular flexibility index (Phi) is 4.76. The molecule has 2 unspecified atom stereocenters. The minimum absolute atomic E-state index is 0.430. The van der Waals surface area contributed by atoms with E-state index in [4.69, 9.17) is 0 Å². The van der Waals surface area contributed by atoms with Crippen LogP contribution in [0.25, 0.3) is 0 Å². The highest BCUT2D eigenvalue weighted by Gasteiger charge is 2.44. The van der Waals surface area contributed by atoms with Crippen molar-refractivity contribution in [3.63, 3.8) is 0 Å². The number of carbonyl (C=O) groups is 1. The lowest BCUT2D eigenvalue weighted by Gasteiger charge is -2.23. The summed E-state index contributed by atoms with van der Waals surface area (Å²) in [7, 11) is 1.76. The number of rotatable bonds is 5. The van der Waals surface area contributed by atoms with Gasteiger partial charge in [-0.1, -0.05) is 29.3 Å². The van der Waals surface area contributed by atoms with E-state index in [2.05, 4.69) is 37.4 Å². The highest BCUT2D eigenvalue weighted by molar-refractivity contribution is 7.99. The zero-order valence-corrected chi connectivity index (χ0v) is 13.2. The number of hydrogen-bond donors (Lipinski definition) is 2. The molecule has 0 bridgehead atoms. The number of aliphatic carboxylic acids is 1. The van der Waals surface area contributed by atoms with Gasteiger partial charge in [-0.2, -0.15) is 11.8 Å². The average Bonchev–Trinajstić information content (AvgIpc) is 2.80. The highest BCUT2D eigenvalue weighted by Crippen LogP contribution is 2.38. The number of benzene rings is 1. The molecule has 0 radical (unpaired) electrons. The molecule has 110 valence electrons. The van der Waals surface area contributed by atoms with Gasteiger partial charge in [-0.15, -0.1) is 0 Å². The fourth-order valence-electron chi connectivity index (χ4n) is 3.04. The quantitative estimate of drug-likeness (QED) is 0.875. The van der Waals surface area contributed by atoms with Gasteiger partial charge in [0.25, 0.3) is 0 Å². The summed E-state index contributed by atoms with van der Waals surface area (Å²) in [5, 5.41) is 12.8. The first-order chi connectivity index (χ1) is 9.45. The molecule has 2 N–H and O–H groups in total. The standard InChI is InChI=1S/C16H23NO2S/c1-11-6-12(2)8-13(7-11)10-20-14-4-5-16(9-14,17-3)15(18)19/h6-8,14,17H,4-5,9-10H2,1-3H3,(H,18,19). The Bertz CT molecular complexity index is 483. The number of carboxylic acid groups (broad SMARTS) is 1. The Morgan fingerprint density at radius 2 is 2.05 bits per heavy atom. The summed E-state index contributed by atoms with van der Waals surface area (Å²) in [5.74, 6) is 0.251. The number of carboxylic acids is 1. The first-order valence-corrected chi connectivity index (χ1v) is 8.11. The van der Waals surface area contributed by atoms with Crippen LogP contribution in [0.2, 0.25) is 0 Å². The third-order valence-electron chi connectivity index (χ3n) is 4.12. The molecule has 0 spiro atoms. The van der Waals surface area contributed by atoms with Gasteiger partial charge in [0, 0.05) is 11.0 Å². The van der Waals surface area contributed by atoms with Crippen molar-refractivity contribution in [1.29, 1.82) is 0 Å². The van der Waals surface area contributed by atoms with Gasteiger partial charge in [0.2, 0.25) is 0 Å². The van der Waals surface area contributed by atoms with Crippen molar-refractivity contribution in [2.24, 2.45) is 0 Å². The first-order valence-electron chi connectivity index (χ1n) is 7.06. The fourth-order valence-corrected chi connectivity index (χ4v) is 4.32. The van der Waals surface area contributed by atoms with Crippen LogP contribution in [0.15, 0.2) is 18.2 Å². The number of nitrogens with one attached hydrogen (secondary N) is 1. The lowest BCUT2D eigenvalue weighted by atomic mass is 9.99. The van der Waals surface area contributed by atoms with Crippen LogP contribution >= 0.6 is 11.8 Å². The molecule has 0 saturated heterocycles. The van der Waals surface area contributed by atoms with Gasteiger partial charge in [0.1, 0.15) is 5.54 Å². The SMILES string of the molecule is CNC1(C(=O)O)CCC(SCc2cc(C)cc(C)c2)C1. The Hall–Kier alpha value is -1.00. The number of likely N-dealkylation sites (N-methyl/N-ethyl adjacent to an activating group) is 1. The molecule has 4 heteroatoms. The summed E-state index contributed by atoms with van der Waals surface area (Å²) >= 11 is 1.89. The Morgan fingerprint density at radius 1 is 1.40 bits per heavy atom. The van der Waals surface area contributed by atoms with Crippen molar-refractivity contribution in [2.45, 2.75) is 49.7 Å². The minimum Gasteiger partial charge on any atom is -0.480 e. The summed E-state index contributed by atoms with van der Waals surface area (Å²) in [6.07, 6.45) is 2.42. The molecule has 0 aliphatic heterocycles. The first kappa shape index (κ1) is 15.4. The minimum atomic E-state index is -0.713. The average molecular weight is 293 g/mol. The molecule has 3 nitrogen and oxygen atoms in total. The number of hydrogen-bond acceptors (Lipinski definition) is 3. The fraction of sp³-hybridized carbons (Fsp3) is 0.562. The van der Waals surface area contributed by atoms with E-state index in [1.807, 2.05) is 11.8 Å². The summed E-state index contributed by atoms with van der Waals surface area (Å²) < 4.78 is 0. The lowest BCUT2D eigenvalue weighted by Crippen LogP contribution is -2.48. The van der Waals surface area contributed by atoms with Crippen LogP contribution in [0.3, 0.4) is 0 Å². The molecule has 0 amide bonds. The molecule has 1 aliphatic carbocycles. The lowest BCUT2D eigenvalue weighted by molar-refractivity contribution is -0.144. The van der Waals surface area contributed by atoms with Gasteiger partial charge >= 0.3 is 5.97 Å². The molecule has 1 saturated carbocycles. The van der Waals surface area contributed by atoms with E-state index < -0.39 is 11.5 Å². The van der Waals surface area contributed by atoms with E-state index >= 15 is 0 Å². The molecule has 20 heavy (non-hydrogen) atoms. The van der Waals surface area contributed by atoms with Gasteiger partial charge in [0.05, 0.1) is 0 Å². The zero-order chi connectivity index (χ0) is 14.8. The predicted octanol–water partition coefficient (Wildman–Crippen LogP) is 3.13. The van der Waals surface area contributed by atoms with Crippen LogP contribution in [0.5, 0.6) is 0 Å². The molecule has 2 rings (SSSR count). The van der Waals surface area contributed by atoms with E-state index in [-0.39, 0.29) is 0 Å². The normalized spacial score (nSPS) is 25.9. The van der Waals surface area contributed by atoms with Gasteiger partial charge < -0.3 is 10.4 Å². The third kappa shape index (κ3) is 3.36. The second kappa shape index (κ2) is 6.19. The van der Waals surface area contributed by atoms with Crippen molar-refractivity contribution >= 4 is 17.7 Å².